The molecule has 0 saturated heterocycles. The van der Waals surface area contributed by atoms with Crippen molar-refractivity contribution >= 4 is 17.7 Å². The second-order valence-corrected chi connectivity index (χ2v) is 6.87. The maximum absolute atomic E-state index is 14.2. The van der Waals surface area contributed by atoms with Crippen LogP contribution in [0, 0.1) is 5.92 Å². The van der Waals surface area contributed by atoms with Crippen LogP contribution in [-0.4, -0.2) is 31.1 Å². The molecule has 22 heavy (non-hydrogen) atoms. The van der Waals surface area contributed by atoms with E-state index >= 15 is 0 Å². The third-order valence-electron chi connectivity index (χ3n) is 4.13. The van der Waals surface area contributed by atoms with Gasteiger partial charge >= 0.3 is 5.97 Å². The molecule has 0 amide bonds. The van der Waals surface area contributed by atoms with Crippen molar-refractivity contribution in [1.82, 2.24) is 14.8 Å². The number of fused-ring (bicyclic) bond motifs is 1. The molecule has 2 aliphatic rings. The zero-order valence-corrected chi connectivity index (χ0v) is 12.4. The Kier molecular flexibility index (Phi) is 3.18. The van der Waals surface area contributed by atoms with Crippen LogP contribution in [0.4, 0.5) is 4.39 Å². The molecule has 2 heterocycles. The van der Waals surface area contributed by atoms with E-state index in [0.717, 1.165) is 5.56 Å². The maximum Gasteiger partial charge on any atom is 0.307 e. The molecule has 0 spiro atoms. The Morgan fingerprint density at radius 3 is 2.77 bits per heavy atom. The Morgan fingerprint density at radius 2 is 2.09 bits per heavy atom. The molecule has 0 bridgehead atoms. The van der Waals surface area contributed by atoms with Crippen LogP contribution < -0.4 is 0 Å². The number of alkyl halides is 1. The van der Waals surface area contributed by atoms with Crippen molar-refractivity contribution in [2.45, 2.75) is 35.5 Å². The summed E-state index contributed by atoms with van der Waals surface area (Å²) in [6, 6.07) is 9.56. The number of thioether (sulfide) groups is 1. The van der Waals surface area contributed by atoms with Gasteiger partial charge in [0.2, 0.25) is 5.16 Å². The summed E-state index contributed by atoms with van der Waals surface area (Å²) < 4.78 is 15.8. The number of carboxylic acids is 1. The Balaban J connectivity index is 1.57. The molecule has 1 saturated carbocycles. The number of carbonyl (C=O) groups is 1. The molecular weight excluding hydrogens is 305 g/mol. The SMILES string of the molecule is O=C(O)[C@@H]1C[C@H]1Sc1nc2n(n1)[C@H](c1ccccc1)C[C@@H]2F. The number of rotatable bonds is 4. The lowest BCUT2D eigenvalue weighted by Crippen LogP contribution is -2.07. The molecule has 0 radical (unpaired) electrons. The first-order valence-corrected chi connectivity index (χ1v) is 8.06. The predicted octanol–water partition coefficient (Wildman–Crippen LogP) is 2.85. The number of aromatic nitrogens is 3. The molecule has 7 heteroatoms. The Hall–Kier alpha value is -1.89. The van der Waals surface area contributed by atoms with Crippen LogP contribution in [0.5, 0.6) is 0 Å². The van der Waals surface area contributed by atoms with Gasteiger partial charge in [0.1, 0.15) is 0 Å². The van der Waals surface area contributed by atoms with Crippen molar-refractivity contribution in [3.8, 4) is 0 Å². The maximum atomic E-state index is 14.2. The third kappa shape index (κ3) is 2.29. The minimum atomic E-state index is -1.12. The molecule has 1 aromatic carbocycles. The summed E-state index contributed by atoms with van der Waals surface area (Å²) in [5.74, 6) is -0.756. The Labute approximate surface area is 130 Å². The number of nitrogens with zero attached hydrogens (tertiary/aromatic N) is 3. The molecule has 2 aromatic rings. The van der Waals surface area contributed by atoms with Crippen molar-refractivity contribution in [3.05, 3.63) is 41.7 Å². The van der Waals surface area contributed by atoms with Gasteiger partial charge in [0, 0.05) is 11.7 Å². The quantitative estimate of drug-likeness (QED) is 0.938. The van der Waals surface area contributed by atoms with E-state index in [1.807, 2.05) is 30.3 Å². The molecule has 1 N–H and O–H groups in total. The lowest BCUT2D eigenvalue weighted by atomic mass is 10.0. The first-order valence-electron chi connectivity index (χ1n) is 7.18. The number of carboxylic acid groups (broad SMARTS) is 1. The van der Waals surface area contributed by atoms with Crippen molar-refractivity contribution in [1.29, 1.82) is 0 Å². The van der Waals surface area contributed by atoms with Crippen LogP contribution in [0.3, 0.4) is 0 Å². The normalized spacial score (nSPS) is 29.3. The van der Waals surface area contributed by atoms with Crippen LogP contribution in [-0.2, 0) is 4.79 Å². The highest BCUT2D eigenvalue weighted by Crippen LogP contribution is 2.46. The summed E-state index contributed by atoms with van der Waals surface area (Å²) in [6.07, 6.45) is -0.141. The fraction of sp³-hybridized carbons (Fsp3) is 0.400. The molecule has 1 aliphatic heterocycles. The molecule has 4 atom stereocenters. The van der Waals surface area contributed by atoms with Gasteiger partial charge in [0.15, 0.2) is 12.0 Å². The van der Waals surface area contributed by atoms with Gasteiger partial charge in [0.05, 0.1) is 12.0 Å². The van der Waals surface area contributed by atoms with Crippen LogP contribution in [0.2, 0.25) is 0 Å². The smallest absolute Gasteiger partial charge is 0.307 e. The molecule has 1 aromatic heterocycles. The average molecular weight is 319 g/mol. The lowest BCUT2D eigenvalue weighted by Gasteiger charge is -2.11. The second kappa shape index (κ2) is 5.08. The van der Waals surface area contributed by atoms with Crippen LogP contribution >= 0.6 is 11.8 Å². The second-order valence-electron chi connectivity index (χ2n) is 5.66. The molecule has 5 nitrogen and oxygen atoms in total. The Bertz CT molecular complexity index is 721. The molecule has 1 aliphatic carbocycles. The first kappa shape index (κ1) is 13.8. The standard InChI is InChI=1S/C15H14FN3O2S/c16-10-7-11(8-4-2-1-3-5-8)19-13(10)17-15(18-19)22-12-6-9(12)14(20)21/h1-5,9-12H,6-7H2,(H,20,21)/t9-,10+,11+,12-/m1/s1. The van der Waals surface area contributed by atoms with Crippen molar-refractivity contribution < 1.29 is 14.3 Å². The molecule has 1 fully saturated rings. The highest BCUT2D eigenvalue weighted by Gasteiger charge is 2.45. The zero-order valence-electron chi connectivity index (χ0n) is 11.6. The van der Waals surface area contributed by atoms with Crippen molar-refractivity contribution in [2.24, 2.45) is 5.92 Å². The largest absolute Gasteiger partial charge is 0.481 e. The van der Waals surface area contributed by atoms with Crippen molar-refractivity contribution in [3.63, 3.8) is 0 Å². The van der Waals surface area contributed by atoms with Gasteiger partial charge < -0.3 is 5.11 Å². The number of aliphatic carboxylic acids is 1. The highest BCUT2D eigenvalue weighted by atomic mass is 32.2. The summed E-state index contributed by atoms with van der Waals surface area (Å²) in [6.45, 7) is 0. The van der Waals surface area contributed by atoms with Crippen molar-refractivity contribution in [2.75, 3.05) is 0 Å². The van der Waals surface area contributed by atoms with Gasteiger partial charge in [-0.05, 0) is 12.0 Å². The van der Waals surface area contributed by atoms with Crippen LogP contribution in [0.1, 0.15) is 36.4 Å². The molecule has 4 rings (SSSR count). The molecule has 0 unspecified atom stereocenters. The van der Waals surface area contributed by atoms with Crippen LogP contribution in [0.15, 0.2) is 35.5 Å². The minimum Gasteiger partial charge on any atom is -0.481 e. The Morgan fingerprint density at radius 1 is 1.32 bits per heavy atom. The monoisotopic (exact) mass is 319 g/mol. The number of hydrogen-bond acceptors (Lipinski definition) is 4. The predicted molar refractivity (Wildman–Crippen MR) is 78.5 cm³/mol. The van der Waals surface area contributed by atoms with E-state index in [1.165, 1.54) is 11.8 Å². The molecule has 114 valence electrons. The number of benzene rings is 1. The number of halogens is 1. The lowest BCUT2D eigenvalue weighted by molar-refractivity contribution is -0.138. The topological polar surface area (TPSA) is 68.0 Å². The minimum absolute atomic E-state index is 0.00821. The van der Waals surface area contributed by atoms with Gasteiger partial charge in [-0.1, -0.05) is 42.1 Å². The van der Waals surface area contributed by atoms with Crippen LogP contribution in [0.25, 0.3) is 0 Å². The zero-order chi connectivity index (χ0) is 15.3. The van der Waals surface area contributed by atoms with E-state index in [9.17, 15) is 9.18 Å². The first-order chi connectivity index (χ1) is 10.6. The summed E-state index contributed by atoms with van der Waals surface area (Å²) in [5, 5.41) is 13.8. The van der Waals surface area contributed by atoms with E-state index in [2.05, 4.69) is 10.1 Å². The summed E-state index contributed by atoms with van der Waals surface area (Å²) >= 11 is 1.34. The van der Waals surface area contributed by atoms with E-state index in [4.69, 9.17) is 5.11 Å². The summed E-state index contributed by atoms with van der Waals surface area (Å²) in [5.41, 5.74) is 1.01. The molecular formula is C15H14FN3O2S. The fourth-order valence-electron chi connectivity index (χ4n) is 2.86. The van der Waals surface area contributed by atoms with Gasteiger partial charge in [-0.2, -0.15) is 0 Å². The van der Waals surface area contributed by atoms with E-state index in [-0.39, 0.29) is 17.2 Å². The highest BCUT2D eigenvalue weighted by molar-refractivity contribution is 8.00. The van der Waals surface area contributed by atoms with E-state index < -0.39 is 12.1 Å². The summed E-state index contributed by atoms with van der Waals surface area (Å²) in [4.78, 5) is 15.1. The van der Waals surface area contributed by atoms with Gasteiger partial charge in [-0.3, -0.25) is 4.79 Å². The number of hydrogen-bond donors (Lipinski definition) is 1. The average Bonchev–Trinajstić information content (AvgIpc) is 3.05. The van der Waals surface area contributed by atoms with Gasteiger partial charge in [-0.15, -0.1) is 5.10 Å². The van der Waals surface area contributed by atoms with E-state index in [1.54, 1.807) is 4.68 Å². The third-order valence-corrected chi connectivity index (χ3v) is 5.34. The van der Waals surface area contributed by atoms with Gasteiger partial charge in [-0.25, -0.2) is 14.1 Å². The summed E-state index contributed by atoms with van der Waals surface area (Å²) in [7, 11) is 0. The van der Waals surface area contributed by atoms with E-state index in [0.29, 0.717) is 23.8 Å². The van der Waals surface area contributed by atoms with Gasteiger partial charge in [0.25, 0.3) is 0 Å². The fourth-order valence-corrected chi connectivity index (χ4v) is 4.00.